The van der Waals surface area contributed by atoms with Crippen LogP contribution in [0.4, 0.5) is 4.39 Å². The summed E-state index contributed by atoms with van der Waals surface area (Å²) in [6.45, 7) is 3.62. The Balaban J connectivity index is 1.53. The van der Waals surface area contributed by atoms with Crippen LogP contribution in [0.1, 0.15) is 18.9 Å². The average molecular weight is 375 g/mol. The van der Waals surface area contributed by atoms with E-state index in [1.807, 2.05) is 6.92 Å². The maximum Gasteiger partial charge on any atom is 0.227 e. The van der Waals surface area contributed by atoms with Gasteiger partial charge in [-0.15, -0.1) is 5.10 Å². The van der Waals surface area contributed by atoms with E-state index in [4.69, 9.17) is 0 Å². The van der Waals surface area contributed by atoms with Crippen molar-refractivity contribution in [2.45, 2.75) is 32.4 Å². The van der Waals surface area contributed by atoms with Gasteiger partial charge in [-0.25, -0.2) is 4.39 Å². The van der Waals surface area contributed by atoms with Crippen molar-refractivity contribution in [2.75, 3.05) is 19.6 Å². The first-order valence-electron chi connectivity index (χ1n) is 8.83. The Labute approximate surface area is 156 Å². The van der Waals surface area contributed by atoms with Gasteiger partial charge in [0.25, 0.3) is 0 Å². The molecule has 144 valence electrons. The predicted molar refractivity (Wildman–Crippen MR) is 94.2 cm³/mol. The van der Waals surface area contributed by atoms with E-state index in [0.29, 0.717) is 32.6 Å². The first-order chi connectivity index (χ1) is 12.9. The first-order valence-corrected chi connectivity index (χ1v) is 8.83. The molecule has 2 aromatic rings. The third-order valence-corrected chi connectivity index (χ3v) is 4.71. The second-order valence-electron chi connectivity index (χ2n) is 6.64. The lowest BCUT2D eigenvalue weighted by molar-refractivity contribution is -0.142. The van der Waals surface area contributed by atoms with Gasteiger partial charge < -0.3 is 14.9 Å². The summed E-state index contributed by atoms with van der Waals surface area (Å²) in [6, 6.07) is 3.44. The molecule has 1 fully saturated rings. The molecule has 2 amide bonds. The van der Waals surface area contributed by atoms with Crippen LogP contribution in [-0.2, 0) is 22.6 Å². The Morgan fingerprint density at radius 2 is 2.11 bits per heavy atom. The van der Waals surface area contributed by atoms with Crippen LogP contribution in [0, 0.1) is 5.82 Å². The molecular formula is C18H22FN5O3. The zero-order valence-electron chi connectivity index (χ0n) is 15.1. The Kier molecular flexibility index (Phi) is 5.68. The van der Waals surface area contributed by atoms with Crippen molar-refractivity contribution in [2.24, 2.45) is 0 Å². The van der Waals surface area contributed by atoms with E-state index in [2.05, 4.69) is 10.3 Å². The molecular weight excluding hydrogens is 353 g/mol. The number of phenolic OH excluding ortho intramolecular Hbond substituents is 1. The number of halogens is 1. The molecule has 27 heavy (non-hydrogen) atoms. The fourth-order valence-corrected chi connectivity index (χ4v) is 3.23. The zero-order chi connectivity index (χ0) is 19.4. The highest BCUT2D eigenvalue weighted by Crippen LogP contribution is 2.20. The van der Waals surface area contributed by atoms with E-state index in [1.54, 1.807) is 26.9 Å². The number of aromatic nitrogens is 3. The van der Waals surface area contributed by atoms with Crippen molar-refractivity contribution in [3.05, 3.63) is 42.0 Å². The van der Waals surface area contributed by atoms with Gasteiger partial charge in [-0.2, -0.15) is 0 Å². The van der Waals surface area contributed by atoms with Gasteiger partial charge >= 0.3 is 0 Å². The van der Waals surface area contributed by atoms with Crippen LogP contribution in [0.3, 0.4) is 0 Å². The summed E-state index contributed by atoms with van der Waals surface area (Å²) in [7, 11) is 0. The maximum absolute atomic E-state index is 13.3. The number of amides is 2. The fourth-order valence-electron chi connectivity index (χ4n) is 3.23. The van der Waals surface area contributed by atoms with Crippen LogP contribution in [0.5, 0.6) is 5.75 Å². The highest BCUT2D eigenvalue weighted by molar-refractivity contribution is 5.80. The van der Waals surface area contributed by atoms with Crippen molar-refractivity contribution >= 4 is 11.8 Å². The molecule has 0 aliphatic carbocycles. The van der Waals surface area contributed by atoms with Gasteiger partial charge in [0.2, 0.25) is 11.8 Å². The van der Waals surface area contributed by atoms with Gasteiger partial charge in [0.15, 0.2) is 0 Å². The van der Waals surface area contributed by atoms with Crippen molar-refractivity contribution in [3.8, 4) is 5.75 Å². The molecule has 0 bridgehead atoms. The summed E-state index contributed by atoms with van der Waals surface area (Å²) in [5, 5.41) is 17.3. The average Bonchev–Trinajstić information content (AvgIpc) is 3.16. The number of benzene rings is 1. The predicted octanol–water partition coefficient (Wildman–Crippen LogP) is 0.815. The molecule has 2 heterocycles. The van der Waals surface area contributed by atoms with E-state index < -0.39 is 5.82 Å². The number of piperazine rings is 1. The molecule has 0 spiro atoms. The Morgan fingerprint density at radius 3 is 2.81 bits per heavy atom. The topological polar surface area (TPSA) is 91.6 Å². The van der Waals surface area contributed by atoms with Crippen LogP contribution >= 0.6 is 0 Å². The molecule has 1 aromatic carbocycles. The van der Waals surface area contributed by atoms with Crippen LogP contribution in [0.15, 0.2) is 30.6 Å². The second-order valence-corrected chi connectivity index (χ2v) is 6.64. The standard InChI is InChI=1S/C18H22FN5O3/c1-13-12-22(18(27)11-14-10-15(19)2-3-16(14)25)8-9-24(13)17(26)4-6-23-7-5-20-21-23/h2-3,5,7,10,13,25H,4,6,8-9,11-12H2,1H3/t13-/m1/s1. The summed E-state index contributed by atoms with van der Waals surface area (Å²) < 4.78 is 14.9. The van der Waals surface area contributed by atoms with Gasteiger partial charge in [-0.1, -0.05) is 5.21 Å². The summed E-state index contributed by atoms with van der Waals surface area (Å²) in [6.07, 6.45) is 3.51. The Bertz CT molecular complexity index is 811. The summed E-state index contributed by atoms with van der Waals surface area (Å²) >= 11 is 0. The lowest BCUT2D eigenvalue weighted by atomic mass is 10.1. The number of aryl methyl sites for hydroxylation is 1. The van der Waals surface area contributed by atoms with E-state index in [0.717, 1.165) is 6.07 Å². The van der Waals surface area contributed by atoms with Gasteiger partial charge in [0.1, 0.15) is 11.6 Å². The minimum absolute atomic E-state index is 0.00729. The number of hydrogen-bond acceptors (Lipinski definition) is 5. The number of carbonyl (C=O) groups excluding carboxylic acids is 2. The van der Waals surface area contributed by atoms with Gasteiger partial charge in [0, 0.05) is 43.9 Å². The monoisotopic (exact) mass is 375 g/mol. The molecule has 1 atom stereocenters. The highest BCUT2D eigenvalue weighted by Gasteiger charge is 2.29. The number of rotatable bonds is 5. The molecule has 0 saturated carbocycles. The third-order valence-electron chi connectivity index (χ3n) is 4.71. The SMILES string of the molecule is C[C@@H]1CN(C(=O)Cc2cc(F)ccc2O)CCN1C(=O)CCn1ccnn1. The number of nitrogens with zero attached hydrogens (tertiary/aromatic N) is 5. The van der Waals surface area contributed by atoms with Crippen molar-refractivity contribution in [1.29, 1.82) is 0 Å². The molecule has 1 aliphatic heterocycles. The zero-order valence-corrected chi connectivity index (χ0v) is 15.1. The lowest BCUT2D eigenvalue weighted by Gasteiger charge is -2.40. The lowest BCUT2D eigenvalue weighted by Crippen LogP contribution is -2.55. The Hall–Kier alpha value is -2.97. The molecule has 0 unspecified atom stereocenters. The minimum Gasteiger partial charge on any atom is -0.508 e. The van der Waals surface area contributed by atoms with Crippen LogP contribution in [-0.4, -0.2) is 67.4 Å². The quantitative estimate of drug-likeness (QED) is 0.835. The van der Waals surface area contributed by atoms with Crippen LogP contribution in [0.2, 0.25) is 0 Å². The van der Waals surface area contributed by atoms with Crippen LogP contribution < -0.4 is 0 Å². The molecule has 3 rings (SSSR count). The number of hydrogen-bond donors (Lipinski definition) is 1. The Morgan fingerprint density at radius 1 is 1.30 bits per heavy atom. The molecule has 9 heteroatoms. The smallest absolute Gasteiger partial charge is 0.227 e. The first kappa shape index (κ1) is 18.8. The molecule has 1 aliphatic rings. The third kappa shape index (κ3) is 4.60. The normalized spacial score (nSPS) is 17.2. The molecule has 0 radical (unpaired) electrons. The summed E-state index contributed by atoms with van der Waals surface area (Å²) in [4.78, 5) is 28.4. The van der Waals surface area contributed by atoms with E-state index in [-0.39, 0.29) is 35.6 Å². The van der Waals surface area contributed by atoms with E-state index in [9.17, 15) is 19.1 Å². The van der Waals surface area contributed by atoms with Crippen molar-refractivity contribution in [3.63, 3.8) is 0 Å². The molecule has 8 nitrogen and oxygen atoms in total. The molecule has 1 saturated heterocycles. The highest BCUT2D eigenvalue weighted by atomic mass is 19.1. The fraction of sp³-hybridized carbons (Fsp3) is 0.444. The number of aromatic hydroxyl groups is 1. The van der Waals surface area contributed by atoms with E-state index in [1.165, 1.54) is 12.1 Å². The number of phenols is 1. The van der Waals surface area contributed by atoms with Crippen LogP contribution in [0.25, 0.3) is 0 Å². The molecule has 1 N–H and O–H groups in total. The minimum atomic E-state index is -0.494. The van der Waals surface area contributed by atoms with Gasteiger partial charge in [-0.05, 0) is 25.1 Å². The van der Waals surface area contributed by atoms with Gasteiger partial charge in [0.05, 0.1) is 19.2 Å². The summed E-state index contributed by atoms with van der Waals surface area (Å²) in [5.41, 5.74) is 0.263. The summed E-state index contributed by atoms with van der Waals surface area (Å²) in [5.74, 6) is -0.781. The van der Waals surface area contributed by atoms with Crippen molar-refractivity contribution < 1.29 is 19.1 Å². The molecule has 1 aromatic heterocycles. The van der Waals surface area contributed by atoms with Crippen molar-refractivity contribution in [1.82, 2.24) is 24.8 Å². The maximum atomic E-state index is 13.3. The second kappa shape index (κ2) is 8.15. The number of carbonyl (C=O) groups is 2. The van der Waals surface area contributed by atoms with E-state index >= 15 is 0 Å². The largest absolute Gasteiger partial charge is 0.508 e. The van der Waals surface area contributed by atoms with Gasteiger partial charge in [-0.3, -0.25) is 14.3 Å².